The van der Waals surface area contributed by atoms with Crippen molar-refractivity contribution >= 4 is 0 Å². The first-order chi connectivity index (χ1) is 14.9. The molecule has 2 unspecified atom stereocenters. The number of alkyl halides is 6. The normalized spacial score (nSPS) is 20.1. The van der Waals surface area contributed by atoms with Crippen molar-refractivity contribution in [3.8, 4) is 5.75 Å². The van der Waals surface area contributed by atoms with E-state index in [4.69, 9.17) is 4.74 Å². The Morgan fingerprint density at radius 3 is 2.06 bits per heavy atom. The van der Waals surface area contributed by atoms with Gasteiger partial charge in [-0.25, -0.2) is 0 Å². The highest BCUT2D eigenvalue weighted by atomic mass is 19.4. The molecule has 0 aromatic heterocycles. The Kier molecular flexibility index (Phi) is 6.84. The molecule has 1 aliphatic rings. The van der Waals surface area contributed by atoms with E-state index < -0.39 is 29.0 Å². The standard InChI is InChI=1S/C24H27F6NO/c1-16-8-6-7-11-31(16)22(2,20-9-4-5-10-21(20)32-3)15-17-12-18(23(25,26)27)14-19(13-17)24(28,29)30/h4-5,9-10,12-14,16H,6-8,11,15H2,1-3H3. The average Bonchev–Trinajstić information content (AvgIpc) is 2.72. The molecule has 1 saturated heterocycles. The Hall–Kier alpha value is -2.22. The Balaban J connectivity index is 2.17. The molecule has 1 heterocycles. The highest BCUT2D eigenvalue weighted by Crippen LogP contribution is 2.43. The monoisotopic (exact) mass is 459 g/mol. The minimum atomic E-state index is -4.88. The Bertz CT molecular complexity index is 907. The van der Waals surface area contributed by atoms with Crippen molar-refractivity contribution in [2.24, 2.45) is 0 Å². The van der Waals surface area contributed by atoms with Crippen molar-refractivity contribution < 1.29 is 31.1 Å². The van der Waals surface area contributed by atoms with Gasteiger partial charge >= 0.3 is 12.4 Å². The van der Waals surface area contributed by atoms with E-state index in [0.29, 0.717) is 12.3 Å². The number of ether oxygens (including phenoxy) is 1. The second-order valence-corrected chi connectivity index (χ2v) is 8.60. The smallest absolute Gasteiger partial charge is 0.416 e. The van der Waals surface area contributed by atoms with Gasteiger partial charge in [0.15, 0.2) is 0 Å². The van der Waals surface area contributed by atoms with Gasteiger partial charge in [0, 0.05) is 11.6 Å². The number of nitrogens with zero attached hydrogens (tertiary/aromatic N) is 1. The van der Waals surface area contributed by atoms with Crippen LogP contribution in [0, 0.1) is 0 Å². The van der Waals surface area contributed by atoms with Crippen LogP contribution in [0.3, 0.4) is 0 Å². The predicted molar refractivity (Wildman–Crippen MR) is 111 cm³/mol. The van der Waals surface area contributed by atoms with E-state index in [9.17, 15) is 26.3 Å². The molecule has 0 radical (unpaired) electrons. The topological polar surface area (TPSA) is 12.5 Å². The molecule has 2 aromatic carbocycles. The first-order valence-corrected chi connectivity index (χ1v) is 10.5. The first-order valence-electron chi connectivity index (χ1n) is 10.5. The van der Waals surface area contributed by atoms with Crippen LogP contribution in [0.25, 0.3) is 0 Å². The molecule has 2 aromatic rings. The number of hydrogen-bond acceptors (Lipinski definition) is 2. The lowest BCUT2D eigenvalue weighted by Crippen LogP contribution is -2.52. The molecule has 3 rings (SSSR count). The molecular formula is C24H27F6NO. The highest BCUT2D eigenvalue weighted by Gasteiger charge is 2.42. The Labute approximate surface area is 184 Å². The molecule has 8 heteroatoms. The van der Waals surface area contributed by atoms with E-state index >= 15 is 0 Å². The maximum atomic E-state index is 13.4. The van der Waals surface area contributed by atoms with E-state index in [1.165, 1.54) is 7.11 Å². The fourth-order valence-corrected chi connectivity index (χ4v) is 4.79. The zero-order chi connectivity index (χ0) is 23.7. The predicted octanol–water partition coefficient (Wildman–Crippen LogP) is 7.07. The molecule has 0 saturated carbocycles. The van der Waals surface area contributed by atoms with E-state index in [0.717, 1.165) is 37.0 Å². The molecule has 1 fully saturated rings. The summed E-state index contributed by atoms with van der Waals surface area (Å²) in [7, 11) is 1.50. The Morgan fingerprint density at radius 1 is 0.938 bits per heavy atom. The molecule has 0 aliphatic carbocycles. The van der Waals surface area contributed by atoms with Crippen LogP contribution in [0.2, 0.25) is 0 Å². The molecule has 2 atom stereocenters. The van der Waals surface area contributed by atoms with Crippen LogP contribution >= 0.6 is 0 Å². The van der Waals surface area contributed by atoms with Crippen LogP contribution in [-0.2, 0) is 24.3 Å². The number of hydrogen-bond donors (Lipinski definition) is 0. The summed E-state index contributed by atoms with van der Waals surface area (Å²) in [6.07, 6.45) is -6.94. The molecule has 176 valence electrons. The van der Waals surface area contributed by atoms with Gasteiger partial charge in [-0.1, -0.05) is 24.6 Å². The van der Waals surface area contributed by atoms with Crippen molar-refractivity contribution in [1.29, 1.82) is 0 Å². The van der Waals surface area contributed by atoms with Gasteiger partial charge in [-0.2, -0.15) is 26.3 Å². The summed E-state index contributed by atoms with van der Waals surface area (Å²) in [5.74, 6) is 0.552. The fraction of sp³-hybridized carbons (Fsp3) is 0.500. The summed E-state index contributed by atoms with van der Waals surface area (Å²) in [6, 6.07) is 9.13. The van der Waals surface area contributed by atoms with E-state index in [-0.39, 0.29) is 24.1 Å². The second-order valence-electron chi connectivity index (χ2n) is 8.60. The minimum Gasteiger partial charge on any atom is -0.496 e. The third kappa shape index (κ3) is 5.05. The largest absolute Gasteiger partial charge is 0.496 e. The molecule has 0 spiro atoms. The van der Waals surface area contributed by atoms with Crippen molar-refractivity contribution in [1.82, 2.24) is 4.90 Å². The van der Waals surface area contributed by atoms with Gasteiger partial charge in [0.1, 0.15) is 5.75 Å². The summed E-state index contributed by atoms with van der Waals surface area (Å²) < 4.78 is 86.1. The maximum absolute atomic E-state index is 13.4. The molecule has 0 amide bonds. The zero-order valence-electron chi connectivity index (χ0n) is 18.3. The SMILES string of the molecule is COc1ccccc1C(C)(Cc1cc(C(F)(F)F)cc(C(F)(F)F)c1)N1CCCCC1C. The lowest BCUT2D eigenvalue weighted by Gasteiger charge is -2.48. The van der Waals surface area contributed by atoms with Gasteiger partial charge < -0.3 is 4.74 Å². The van der Waals surface area contributed by atoms with Gasteiger partial charge in [-0.05, 0) is 69.5 Å². The van der Waals surface area contributed by atoms with Gasteiger partial charge in [0.05, 0.1) is 23.8 Å². The molecule has 1 aliphatic heterocycles. The zero-order valence-corrected chi connectivity index (χ0v) is 18.3. The summed E-state index contributed by atoms with van der Waals surface area (Å²) in [6.45, 7) is 4.61. The second kappa shape index (κ2) is 8.96. The van der Waals surface area contributed by atoms with Gasteiger partial charge in [0.25, 0.3) is 0 Å². The van der Waals surface area contributed by atoms with Crippen LogP contribution in [0.15, 0.2) is 42.5 Å². The van der Waals surface area contributed by atoms with E-state index in [2.05, 4.69) is 4.90 Å². The third-order valence-corrected chi connectivity index (χ3v) is 6.32. The first kappa shape index (κ1) is 24.4. The average molecular weight is 459 g/mol. The molecule has 2 nitrogen and oxygen atoms in total. The number of likely N-dealkylation sites (tertiary alicyclic amines) is 1. The summed E-state index contributed by atoms with van der Waals surface area (Å²) in [4.78, 5) is 2.18. The molecule has 0 N–H and O–H groups in total. The number of piperidine rings is 1. The number of para-hydroxylation sites is 1. The quantitative estimate of drug-likeness (QED) is 0.444. The summed E-state index contributed by atoms with van der Waals surface area (Å²) in [5, 5.41) is 0. The van der Waals surface area contributed by atoms with Crippen LogP contribution in [0.4, 0.5) is 26.3 Å². The Morgan fingerprint density at radius 2 is 1.53 bits per heavy atom. The summed E-state index contributed by atoms with van der Waals surface area (Å²) in [5.41, 5.74) is -2.73. The van der Waals surface area contributed by atoms with Crippen LogP contribution in [0.5, 0.6) is 5.75 Å². The van der Waals surface area contributed by atoms with Crippen LogP contribution in [-0.4, -0.2) is 24.6 Å². The van der Waals surface area contributed by atoms with Crippen LogP contribution < -0.4 is 4.74 Å². The number of benzene rings is 2. The third-order valence-electron chi connectivity index (χ3n) is 6.32. The molecular weight excluding hydrogens is 432 g/mol. The van der Waals surface area contributed by atoms with Crippen molar-refractivity contribution in [3.05, 3.63) is 64.7 Å². The fourth-order valence-electron chi connectivity index (χ4n) is 4.79. The molecule has 0 bridgehead atoms. The minimum absolute atomic E-state index is 0.0154. The number of rotatable bonds is 5. The van der Waals surface area contributed by atoms with Gasteiger partial charge in [-0.15, -0.1) is 0 Å². The summed E-state index contributed by atoms with van der Waals surface area (Å²) >= 11 is 0. The lowest BCUT2D eigenvalue weighted by atomic mass is 9.80. The van der Waals surface area contributed by atoms with Gasteiger partial charge in [0.2, 0.25) is 0 Å². The van der Waals surface area contributed by atoms with Crippen molar-refractivity contribution in [2.45, 2.75) is 63.5 Å². The number of halogens is 6. The maximum Gasteiger partial charge on any atom is 0.416 e. The van der Waals surface area contributed by atoms with Crippen molar-refractivity contribution in [2.75, 3.05) is 13.7 Å². The van der Waals surface area contributed by atoms with Crippen LogP contribution in [0.1, 0.15) is 55.4 Å². The van der Waals surface area contributed by atoms with Gasteiger partial charge in [-0.3, -0.25) is 4.90 Å². The highest BCUT2D eigenvalue weighted by molar-refractivity contribution is 5.42. The van der Waals surface area contributed by atoms with Crippen molar-refractivity contribution in [3.63, 3.8) is 0 Å². The van der Waals surface area contributed by atoms with E-state index in [1.54, 1.807) is 18.2 Å². The van der Waals surface area contributed by atoms with E-state index in [1.807, 2.05) is 19.9 Å². The number of methoxy groups -OCH3 is 1. The lowest BCUT2D eigenvalue weighted by molar-refractivity contribution is -0.143. The molecule has 32 heavy (non-hydrogen) atoms.